The van der Waals surface area contributed by atoms with Gasteiger partial charge in [-0.05, 0) is 39.3 Å². The van der Waals surface area contributed by atoms with E-state index >= 15 is 0 Å². The molecule has 0 atom stereocenters. The number of carbonyl (C=O) groups is 1. The maximum Gasteiger partial charge on any atom is 0.192 e. The van der Waals surface area contributed by atoms with Crippen molar-refractivity contribution in [2.75, 3.05) is 14.1 Å². The van der Waals surface area contributed by atoms with Gasteiger partial charge in [0.1, 0.15) is 0 Å². The van der Waals surface area contributed by atoms with Crippen LogP contribution >= 0.6 is 0 Å². The van der Waals surface area contributed by atoms with Gasteiger partial charge < -0.3 is 0 Å². The molecule has 0 saturated heterocycles. The molecule has 0 heterocycles. The predicted molar refractivity (Wildman–Crippen MR) is 44.1 cm³/mol. The maximum absolute atomic E-state index is 10.0. The van der Waals surface area contributed by atoms with Crippen molar-refractivity contribution in [3.8, 4) is 11.8 Å². The molecule has 2 nitrogen and oxygen atoms in total. The second-order valence-electron chi connectivity index (χ2n) is 3.17. The molecule has 0 spiro atoms. The third-order valence-electron chi connectivity index (χ3n) is 2.40. The molecule has 0 amide bonds. The fourth-order valence-electron chi connectivity index (χ4n) is 1.36. The first-order valence-electron chi connectivity index (χ1n) is 3.85. The van der Waals surface area contributed by atoms with Gasteiger partial charge in [0.2, 0.25) is 0 Å². The topological polar surface area (TPSA) is 20.3 Å². The van der Waals surface area contributed by atoms with Crippen molar-refractivity contribution in [3.63, 3.8) is 0 Å². The lowest BCUT2D eigenvalue weighted by Crippen LogP contribution is -2.48. The molecular weight excluding hydrogens is 138 g/mol. The summed E-state index contributed by atoms with van der Waals surface area (Å²) in [4.78, 5) is 12.1. The van der Waals surface area contributed by atoms with Crippen LogP contribution in [-0.4, -0.2) is 30.8 Å². The van der Waals surface area contributed by atoms with Crippen molar-refractivity contribution < 1.29 is 4.79 Å². The third kappa shape index (κ3) is 1.44. The van der Waals surface area contributed by atoms with Crippen LogP contribution in [0.1, 0.15) is 19.3 Å². The quantitative estimate of drug-likeness (QED) is 0.405. The molecular formula is C9H13NO. The highest BCUT2D eigenvalue weighted by molar-refractivity contribution is 5.73. The van der Waals surface area contributed by atoms with Crippen molar-refractivity contribution >= 4 is 6.29 Å². The largest absolute Gasteiger partial charge is 0.293 e. The zero-order valence-corrected chi connectivity index (χ0v) is 7.05. The van der Waals surface area contributed by atoms with E-state index < -0.39 is 0 Å². The van der Waals surface area contributed by atoms with Gasteiger partial charge in [-0.3, -0.25) is 9.69 Å². The molecule has 1 aliphatic carbocycles. The molecule has 11 heavy (non-hydrogen) atoms. The van der Waals surface area contributed by atoms with Crippen molar-refractivity contribution in [3.05, 3.63) is 0 Å². The van der Waals surface area contributed by atoms with E-state index in [0.29, 0.717) is 6.29 Å². The molecule has 0 unspecified atom stereocenters. The van der Waals surface area contributed by atoms with Crippen LogP contribution in [0.5, 0.6) is 0 Å². The highest BCUT2D eigenvalue weighted by atomic mass is 16.1. The van der Waals surface area contributed by atoms with Crippen molar-refractivity contribution in [1.82, 2.24) is 4.90 Å². The summed E-state index contributed by atoms with van der Waals surface area (Å²) in [5, 5.41) is 0. The van der Waals surface area contributed by atoms with Crippen LogP contribution in [-0.2, 0) is 4.79 Å². The second-order valence-corrected chi connectivity index (χ2v) is 3.17. The Morgan fingerprint density at radius 1 is 1.45 bits per heavy atom. The summed E-state index contributed by atoms with van der Waals surface area (Å²) in [6, 6.07) is 0. The average Bonchev–Trinajstić information content (AvgIpc) is 1.85. The Morgan fingerprint density at radius 3 is 2.36 bits per heavy atom. The number of hydrogen-bond acceptors (Lipinski definition) is 2. The predicted octanol–water partition coefficient (Wildman–Crippen LogP) is 0.673. The SMILES string of the molecule is CN(C)C1(C#CC=O)CCC1. The van der Waals surface area contributed by atoms with E-state index in [2.05, 4.69) is 16.7 Å². The van der Waals surface area contributed by atoms with Crippen LogP contribution < -0.4 is 0 Å². The maximum atomic E-state index is 10.0. The molecule has 0 bridgehead atoms. The highest BCUT2D eigenvalue weighted by Gasteiger charge is 2.37. The first-order chi connectivity index (χ1) is 5.21. The molecule has 0 N–H and O–H groups in total. The van der Waals surface area contributed by atoms with Crippen LogP contribution in [0.25, 0.3) is 0 Å². The molecule has 1 aliphatic rings. The van der Waals surface area contributed by atoms with E-state index in [1.165, 1.54) is 6.42 Å². The van der Waals surface area contributed by atoms with E-state index in [1.54, 1.807) is 0 Å². The van der Waals surface area contributed by atoms with Crippen LogP contribution in [0.3, 0.4) is 0 Å². The molecule has 2 heteroatoms. The fourth-order valence-corrected chi connectivity index (χ4v) is 1.36. The van der Waals surface area contributed by atoms with Crippen LogP contribution in [0.2, 0.25) is 0 Å². The Labute approximate surface area is 67.6 Å². The Kier molecular flexibility index (Phi) is 2.31. The van der Waals surface area contributed by atoms with E-state index in [0.717, 1.165) is 12.8 Å². The van der Waals surface area contributed by atoms with Crippen molar-refractivity contribution in [2.24, 2.45) is 0 Å². The summed E-state index contributed by atoms with van der Waals surface area (Å²) in [7, 11) is 4.03. The van der Waals surface area contributed by atoms with Gasteiger partial charge in [0.15, 0.2) is 6.29 Å². The van der Waals surface area contributed by atoms with Crippen LogP contribution in [0, 0.1) is 11.8 Å². The number of carbonyl (C=O) groups excluding carboxylic acids is 1. The first-order valence-corrected chi connectivity index (χ1v) is 3.85. The lowest BCUT2D eigenvalue weighted by atomic mass is 9.76. The summed E-state index contributed by atoms with van der Waals surface area (Å²) in [6.45, 7) is 0. The van der Waals surface area contributed by atoms with Crippen molar-refractivity contribution in [2.45, 2.75) is 24.8 Å². The van der Waals surface area contributed by atoms with Gasteiger partial charge in [-0.1, -0.05) is 5.92 Å². The fraction of sp³-hybridized carbons (Fsp3) is 0.667. The minimum absolute atomic E-state index is 0.0148. The number of aldehydes is 1. The normalized spacial score (nSPS) is 19.9. The number of nitrogens with zero attached hydrogens (tertiary/aromatic N) is 1. The Bertz CT molecular complexity index is 205. The summed E-state index contributed by atoms with van der Waals surface area (Å²) in [6.07, 6.45) is 4.09. The Morgan fingerprint density at radius 2 is 2.09 bits per heavy atom. The number of rotatable bonds is 1. The summed E-state index contributed by atoms with van der Waals surface area (Å²) < 4.78 is 0. The Balaban J connectivity index is 2.67. The van der Waals surface area contributed by atoms with Gasteiger partial charge in [0.05, 0.1) is 5.54 Å². The number of hydrogen-bond donors (Lipinski definition) is 0. The molecule has 0 aromatic heterocycles. The summed E-state index contributed by atoms with van der Waals surface area (Å²) in [5.41, 5.74) is 0.0148. The van der Waals surface area contributed by atoms with E-state index in [-0.39, 0.29) is 5.54 Å². The highest BCUT2D eigenvalue weighted by Crippen LogP contribution is 2.35. The van der Waals surface area contributed by atoms with Gasteiger partial charge in [-0.25, -0.2) is 0 Å². The van der Waals surface area contributed by atoms with Gasteiger partial charge in [0, 0.05) is 0 Å². The van der Waals surface area contributed by atoms with Gasteiger partial charge in [-0.15, -0.1) is 0 Å². The third-order valence-corrected chi connectivity index (χ3v) is 2.40. The molecule has 1 fully saturated rings. The minimum Gasteiger partial charge on any atom is -0.293 e. The Hall–Kier alpha value is -0.810. The lowest BCUT2D eigenvalue weighted by molar-refractivity contribution is -0.103. The first kappa shape index (κ1) is 8.29. The molecule has 0 aliphatic heterocycles. The van der Waals surface area contributed by atoms with E-state index in [4.69, 9.17) is 0 Å². The van der Waals surface area contributed by atoms with Gasteiger partial charge in [-0.2, -0.15) is 0 Å². The van der Waals surface area contributed by atoms with E-state index in [9.17, 15) is 4.79 Å². The molecule has 0 aromatic carbocycles. The lowest BCUT2D eigenvalue weighted by Gasteiger charge is -2.42. The zero-order valence-electron chi connectivity index (χ0n) is 7.05. The molecule has 60 valence electrons. The van der Waals surface area contributed by atoms with Crippen molar-refractivity contribution in [1.29, 1.82) is 0 Å². The summed E-state index contributed by atoms with van der Waals surface area (Å²) >= 11 is 0. The molecule has 0 aromatic rings. The monoisotopic (exact) mass is 151 g/mol. The molecule has 1 rings (SSSR count). The van der Waals surface area contributed by atoms with Crippen LogP contribution in [0.4, 0.5) is 0 Å². The zero-order chi connectivity index (χ0) is 8.32. The smallest absolute Gasteiger partial charge is 0.192 e. The summed E-state index contributed by atoms with van der Waals surface area (Å²) in [5.74, 6) is 5.49. The van der Waals surface area contributed by atoms with Crippen LogP contribution in [0.15, 0.2) is 0 Å². The van der Waals surface area contributed by atoms with Gasteiger partial charge >= 0.3 is 0 Å². The van der Waals surface area contributed by atoms with Gasteiger partial charge in [0.25, 0.3) is 0 Å². The van der Waals surface area contributed by atoms with E-state index in [1.807, 2.05) is 14.1 Å². The standard InChI is InChI=1S/C9H13NO/c1-10(2)9(5-3-6-9)7-4-8-11/h8H,3,5-6H2,1-2H3. The minimum atomic E-state index is 0.0148. The average molecular weight is 151 g/mol. The molecule has 1 saturated carbocycles. The second kappa shape index (κ2) is 3.06. The molecule has 0 radical (unpaired) electrons.